The maximum absolute atomic E-state index is 14.7. The van der Waals surface area contributed by atoms with E-state index in [0.29, 0.717) is 55.5 Å². The van der Waals surface area contributed by atoms with Gasteiger partial charge in [0.15, 0.2) is 0 Å². The second-order valence-electron chi connectivity index (χ2n) is 12.9. The smallest absolute Gasteiger partial charge is 0.328 e. The lowest BCUT2D eigenvalue weighted by atomic mass is 9.72. The average Bonchev–Trinajstić information content (AvgIpc) is 3.37. The molecule has 0 bridgehead atoms. The van der Waals surface area contributed by atoms with Gasteiger partial charge in [0.1, 0.15) is 11.6 Å². The number of benzene rings is 2. The summed E-state index contributed by atoms with van der Waals surface area (Å²) in [4.78, 5) is 29.1. The van der Waals surface area contributed by atoms with Crippen molar-refractivity contribution in [2.24, 2.45) is 5.92 Å². The summed E-state index contributed by atoms with van der Waals surface area (Å²) < 4.78 is 47.1. The molecule has 0 radical (unpaired) electrons. The largest absolute Gasteiger partial charge is 0.468 e. The number of likely N-dealkylation sites (tertiary alicyclic amines) is 1. The number of esters is 1. The molecule has 3 aliphatic rings. The van der Waals surface area contributed by atoms with Gasteiger partial charge in [-0.1, -0.05) is 19.1 Å². The number of hydrogen-bond donors (Lipinski definition) is 0. The Morgan fingerprint density at radius 2 is 1.56 bits per heavy atom. The average molecular weight is 623 g/mol. The number of nitrogens with zero attached hydrogens (tertiary/aromatic N) is 2. The number of hydrogen-bond acceptors (Lipinski definition) is 5. The number of fused-ring (bicyclic) bond motifs is 1. The molecule has 0 atom stereocenters. The Bertz CT molecular complexity index is 1500. The number of ether oxygens (including phenoxy) is 3. The molecule has 45 heavy (non-hydrogen) atoms. The van der Waals surface area contributed by atoms with Crippen molar-refractivity contribution in [3.8, 4) is 0 Å². The molecular formula is C36H44F2N2O5. The molecule has 3 heterocycles. The van der Waals surface area contributed by atoms with E-state index in [1.54, 1.807) is 21.6 Å². The molecule has 7 nitrogen and oxygen atoms in total. The van der Waals surface area contributed by atoms with Crippen molar-refractivity contribution in [1.29, 1.82) is 0 Å². The highest BCUT2D eigenvalue weighted by molar-refractivity contribution is 5.96. The highest BCUT2D eigenvalue weighted by Crippen LogP contribution is 2.39. The Morgan fingerprint density at radius 1 is 0.911 bits per heavy atom. The number of carbonyl (C=O) groups is 2. The van der Waals surface area contributed by atoms with Crippen molar-refractivity contribution >= 4 is 22.9 Å². The highest BCUT2D eigenvalue weighted by atomic mass is 19.1. The topological polar surface area (TPSA) is 70.0 Å². The predicted molar refractivity (Wildman–Crippen MR) is 167 cm³/mol. The van der Waals surface area contributed by atoms with Crippen molar-refractivity contribution in [1.82, 2.24) is 9.47 Å². The number of rotatable bonds is 7. The van der Waals surface area contributed by atoms with E-state index in [2.05, 4.69) is 0 Å². The maximum atomic E-state index is 14.7. The molecule has 1 aliphatic carbocycles. The molecule has 3 aromatic rings. The first-order chi connectivity index (χ1) is 21.8. The molecule has 3 fully saturated rings. The van der Waals surface area contributed by atoms with Gasteiger partial charge in [0.05, 0.1) is 30.2 Å². The normalized spacial score (nSPS) is 22.4. The Kier molecular flexibility index (Phi) is 9.57. The van der Waals surface area contributed by atoms with E-state index in [4.69, 9.17) is 14.2 Å². The first-order valence-corrected chi connectivity index (χ1v) is 16.5. The van der Waals surface area contributed by atoms with Gasteiger partial charge < -0.3 is 19.1 Å². The predicted octanol–water partition coefficient (Wildman–Crippen LogP) is 6.95. The van der Waals surface area contributed by atoms with E-state index in [9.17, 15) is 18.4 Å². The molecule has 0 unspecified atom stereocenters. The lowest BCUT2D eigenvalue weighted by molar-refractivity contribution is -0.149. The van der Waals surface area contributed by atoms with Crippen molar-refractivity contribution in [3.05, 3.63) is 70.9 Å². The van der Waals surface area contributed by atoms with Crippen molar-refractivity contribution < 1.29 is 32.6 Å². The maximum Gasteiger partial charge on any atom is 0.328 e. The third-order valence-corrected chi connectivity index (χ3v) is 10.4. The Balaban J connectivity index is 1.21. The van der Waals surface area contributed by atoms with Crippen LogP contribution in [0, 0.1) is 17.6 Å². The van der Waals surface area contributed by atoms with Gasteiger partial charge in [0.25, 0.3) is 0 Å². The van der Waals surface area contributed by atoms with Crippen molar-refractivity contribution in [2.45, 2.75) is 88.8 Å². The number of piperidine rings is 1. The van der Waals surface area contributed by atoms with Crippen LogP contribution in [0.4, 0.5) is 13.6 Å². The minimum Gasteiger partial charge on any atom is -0.468 e. The standard InChI is InChI=1S/C36H44F2N2O5/c1-3-32-31(22-24-4-11-28(12-5-24)45-29-14-20-44-21-15-29)30-13-10-27(38)23-33(30)40(32)35(42)39-18-16-36(17-19-39,34(41)43-2)25-6-8-26(37)9-7-25/h6-10,13,23-24,28-29H,3-5,11-12,14-22H2,1-2H3. The first-order valence-electron chi connectivity index (χ1n) is 16.5. The fraction of sp³-hybridized carbons (Fsp3) is 0.556. The summed E-state index contributed by atoms with van der Waals surface area (Å²) in [7, 11) is 1.35. The molecular weight excluding hydrogens is 578 g/mol. The zero-order valence-corrected chi connectivity index (χ0v) is 26.4. The molecule has 0 N–H and O–H groups in total. The van der Waals surface area contributed by atoms with Gasteiger partial charge in [-0.25, -0.2) is 13.6 Å². The monoisotopic (exact) mass is 622 g/mol. The van der Waals surface area contributed by atoms with Crippen LogP contribution < -0.4 is 0 Å². The molecule has 9 heteroatoms. The number of methoxy groups -OCH3 is 1. The molecule has 1 aromatic heterocycles. The van der Waals surface area contributed by atoms with Crippen LogP contribution in [0.3, 0.4) is 0 Å². The summed E-state index contributed by atoms with van der Waals surface area (Å²) in [5.41, 5.74) is 2.36. The van der Waals surface area contributed by atoms with E-state index in [1.165, 1.54) is 31.4 Å². The summed E-state index contributed by atoms with van der Waals surface area (Å²) >= 11 is 0. The third-order valence-electron chi connectivity index (χ3n) is 10.4. The quantitative estimate of drug-likeness (QED) is 0.267. The molecule has 242 valence electrons. The number of amides is 1. The van der Waals surface area contributed by atoms with Gasteiger partial charge in [-0.3, -0.25) is 9.36 Å². The van der Waals surface area contributed by atoms with Crippen LogP contribution in [-0.2, 0) is 37.3 Å². The van der Waals surface area contributed by atoms with Crippen molar-refractivity contribution in [2.75, 3.05) is 33.4 Å². The molecule has 2 aliphatic heterocycles. The highest BCUT2D eigenvalue weighted by Gasteiger charge is 2.45. The SMILES string of the molecule is CCc1c(CC2CCC(OC3CCOCC3)CC2)c2ccc(F)cc2n1C(=O)N1CCC(C(=O)OC)(c2ccc(F)cc2)CC1. The van der Waals surface area contributed by atoms with Gasteiger partial charge in [0, 0.05) is 37.4 Å². The first kappa shape index (κ1) is 31.7. The Hall–Kier alpha value is -3.30. The second kappa shape index (κ2) is 13.6. The summed E-state index contributed by atoms with van der Waals surface area (Å²) in [5, 5.41) is 0.925. The van der Waals surface area contributed by atoms with Crippen LogP contribution in [-0.4, -0.2) is 67.1 Å². The van der Waals surface area contributed by atoms with E-state index in [1.807, 2.05) is 13.0 Å². The summed E-state index contributed by atoms with van der Waals surface area (Å²) in [6, 6.07) is 10.5. The van der Waals surface area contributed by atoms with Gasteiger partial charge in [-0.15, -0.1) is 0 Å². The van der Waals surface area contributed by atoms with Gasteiger partial charge in [-0.2, -0.15) is 0 Å². The number of aromatic nitrogens is 1. The number of carbonyl (C=O) groups excluding carboxylic acids is 2. The van der Waals surface area contributed by atoms with Gasteiger partial charge in [-0.05, 0) is 112 Å². The molecule has 6 rings (SSSR count). The fourth-order valence-electron chi connectivity index (χ4n) is 7.84. The molecule has 1 amide bonds. The van der Waals surface area contributed by atoms with Crippen LogP contribution >= 0.6 is 0 Å². The van der Waals surface area contributed by atoms with Crippen LogP contribution in [0.1, 0.15) is 75.1 Å². The molecule has 2 aromatic carbocycles. The number of halogens is 2. The van der Waals surface area contributed by atoms with Crippen LogP contribution in [0.2, 0.25) is 0 Å². The van der Waals surface area contributed by atoms with E-state index in [-0.39, 0.29) is 29.7 Å². The van der Waals surface area contributed by atoms with Crippen LogP contribution in [0.5, 0.6) is 0 Å². The van der Waals surface area contributed by atoms with E-state index >= 15 is 0 Å². The fourth-order valence-corrected chi connectivity index (χ4v) is 7.84. The zero-order chi connectivity index (χ0) is 31.6. The third kappa shape index (κ3) is 6.39. The van der Waals surface area contributed by atoms with Gasteiger partial charge >= 0.3 is 12.0 Å². The minimum absolute atomic E-state index is 0.208. The zero-order valence-electron chi connectivity index (χ0n) is 26.4. The van der Waals surface area contributed by atoms with Crippen LogP contribution in [0.15, 0.2) is 42.5 Å². The van der Waals surface area contributed by atoms with Crippen molar-refractivity contribution in [3.63, 3.8) is 0 Å². The Morgan fingerprint density at radius 3 is 2.20 bits per heavy atom. The molecule has 0 spiro atoms. The minimum atomic E-state index is -0.962. The van der Waals surface area contributed by atoms with E-state index < -0.39 is 5.41 Å². The lowest BCUT2D eigenvalue weighted by Crippen LogP contribution is -2.50. The van der Waals surface area contributed by atoms with E-state index in [0.717, 1.165) is 74.8 Å². The molecule has 2 saturated heterocycles. The second-order valence-corrected chi connectivity index (χ2v) is 12.9. The Labute approximate surface area is 263 Å². The summed E-state index contributed by atoms with van der Waals surface area (Å²) in [6.45, 7) is 4.23. The summed E-state index contributed by atoms with van der Waals surface area (Å²) in [6.07, 6.45) is 8.87. The molecule has 1 saturated carbocycles. The summed E-state index contributed by atoms with van der Waals surface area (Å²) in [5.74, 6) is -0.680. The van der Waals surface area contributed by atoms with Crippen LogP contribution in [0.25, 0.3) is 10.9 Å². The lowest BCUT2D eigenvalue weighted by Gasteiger charge is -2.40. The van der Waals surface area contributed by atoms with Gasteiger partial charge in [0.2, 0.25) is 0 Å².